The second-order valence-electron chi connectivity index (χ2n) is 6.87. The first-order chi connectivity index (χ1) is 10.8. The van der Waals surface area contributed by atoms with Crippen molar-refractivity contribution in [2.24, 2.45) is 11.8 Å². The molecule has 2 amide bonds. The molecule has 5 nitrogen and oxygen atoms in total. The molecule has 126 valence electrons. The van der Waals surface area contributed by atoms with Gasteiger partial charge < -0.3 is 9.85 Å². The minimum Gasteiger partial charge on any atom is -0.633 e. The van der Waals surface area contributed by atoms with Crippen molar-refractivity contribution in [3.05, 3.63) is 41.1 Å². The highest BCUT2D eigenvalue weighted by molar-refractivity contribution is 6.05. The van der Waals surface area contributed by atoms with E-state index in [4.69, 9.17) is 0 Å². The van der Waals surface area contributed by atoms with Gasteiger partial charge in [-0.1, -0.05) is 44.2 Å². The van der Waals surface area contributed by atoms with Gasteiger partial charge in [0.1, 0.15) is 0 Å². The monoisotopic (exact) mass is 318 g/mol. The van der Waals surface area contributed by atoms with E-state index in [2.05, 4.69) is 0 Å². The van der Waals surface area contributed by atoms with E-state index >= 15 is 0 Å². The second kappa shape index (κ2) is 6.81. The number of likely N-dealkylation sites (N-methyl/N-ethyl adjacent to an activating group) is 1. The van der Waals surface area contributed by atoms with Gasteiger partial charge in [-0.25, -0.2) is 0 Å². The molecule has 1 aliphatic rings. The number of likely N-dealkylation sites (tertiary alicyclic amines) is 1. The molecule has 0 aliphatic carbocycles. The van der Waals surface area contributed by atoms with Gasteiger partial charge in [-0.3, -0.25) is 14.5 Å². The molecule has 0 spiro atoms. The molecule has 1 saturated heterocycles. The van der Waals surface area contributed by atoms with Crippen molar-refractivity contribution >= 4 is 11.8 Å². The van der Waals surface area contributed by atoms with Crippen LogP contribution in [0.3, 0.4) is 0 Å². The predicted octanol–water partition coefficient (Wildman–Crippen LogP) is 2.38. The molecule has 5 heteroatoms. The fraction of sp³-hybridized carbons (Fsp3) is 0.556. The Hall–Kier alpha value is -1.72. The first-order valence-electron chi connectivity index (χ1n) is 8.20. The number of benzene rings is 1. The van der Waals surface area contributed by atoms with Crippen molar-refractivity contribution in [2.45, 2.75) is 26.2 Å². The highest BCUT2D eigenvalue weighted by Crippen LogP contribution is 2.39. The van der Waals surface area contributed by atoms with Crippen LogP contribution in [-0.4, -0.2) is 48.5 Å². The number of amides is 2. The summed E-state index contributed by atoms with van der Waals surface area (Å²) in [7, 11) is 3.04. The number of carbonyl (C=O) groups is 2. The van der Waals surface area contributed by atoms with Crippen LogP contribution in [0.1, 0.15) is 31.7 Å². The summed E-state index contributed by atoms with van der Waals surface area (Å²) >= 11 is 0. The number of rotatable bonds is 6. The van der Waals surface area contributed by atoms with E-state index in [-0.39, 0.29) is 42.7 Å². The van der Waals surface area contributed by atoms with Gasteiger partial charge in [-0.2, -0.15) is 0 Å². The lowest BCUT2D eigenvalue weighted by Crippen LogP contribution is -2.43. The van der Waals surface area contributed by atoms with Crippen LogP contribution in [0.2, 0.25) is 0 Å². The summed E-state index contributed by atoms with van der Waals surface area (Å²) in [6.07, 6.45) is 0.801. The van der Waals surface area contributed by atoms with Gasteiger partial charge in [0, 0.05) is 5.92 Å². The summed E-state index contributed by atoms with van der Waals surface area (Å²) in [6, 6.07) is 9.89. The molecule has 2 rings (SSSR count). The number of carbonyl (C=O) groups excluding carboxylic acids is 2. The molecular weight excluding hydrogens is 292 g/mol. The number of imide groups is 1. The number of hydrogen-bond acceptors (Lipinski definition) is 3. The smallest absolute Gasteiger partial charge is 0.233 e. The van der Waals surface area contributed by atoms with Crippen LogP contribution < -0.4 is 0 Å². The minimum absolute atomic E-state index is 0.0300. The summed E-state index contributed by atoms with van der Waals surface area (Å²) in [5.41, 5.74) is 1.09. The van der Waals surface area contributed by atoms with E-state index in [0.717, 1.165) is 12.0 Å². The number of quaternary nitrogens is 1. The second-order valence-corrected chi connectivity index (χ2v) is 6.87. The molecule has 23 heavy (non-hydrogen) atoms. The molecule has 0 radical (unpaired) electrons. The number of nitrogens with zero attached hydrogens (tertiary/aromatic N) is 2. The van der Waals surface area contributed by atoms with Crippen molar-refractivity contribution in [2.75, 3.05) is 27.2 Å². The topological polar surface area (TPSA) is 60.4 Å². The van der Waals surface area contributed by atoms with Crippen LogP contribution in [0.5, 0.6) is 0 Å². The first kappa shape index (κ1) is 17.6. The molecule has 1 fully saturated rings. The zero-order valence-corrected chi connectivity index (χ0v) is 14.4. The lowest BCUT2D eigenvalue weighted by molar-refractivity contribution is -0.839. The third-order valence-electron chi connectivity index (χ3n) is 4.71. The van der Waals surface area contributed by atoms with Crippen molar-refractivity contribution in [3.8, 4) is 0 Å². The average Bonchev–Trinajstić information content (AvgIpc) is 2.70. The molecular formula is C18H26N2O3. The molecule has 1 aliphatic heterocycles. The molecule has 1 aromatic rings. The SMILES string of the molecule is CCC(c1ccccc1)C1C(=O)N(CC[N+](C)(C)[O-])C(=O)C1C. The van der Waals surface area contributed by atoms with Gasteiger partial charge >= 0.3 is 0 Å². The highest BCUT2D eigenvalue weighted by Gasteiger charge is 2.48. The standard InChI is InChI=1S/C18H26N2O3/c1-5-15(14-9-7-6-8-10-14)16-13(2)17(21)19(18(16)22)11-12-20(3,4)23/h6-10,13,15-16H,5,11-12H2,1-4H3. The van der Waals surface area contributed by atoms with Gasteiger partial charge in [0.15, 0.2) is 0 Å². The third-order valence-corrected chi connectivity index (χ3v) is 4.71. The number of hydroxylamine groups is 3. The zero-order valence-electron chi connectivity index (χ0n) is 14.4. The van der Waals surface area contributed by atoms with Crippen molar-refractivity contribution in [1.82, 2.24) is 4.90 Å². The minimum atomic E-state index is -0.508. The predicted molar refractivity (Wildman–Crippen MR) is 89.2 cm³/mol. The molecule has 0 bridgehead atoms. The summed E-state index contributed by atoms with van der Waals surface area (Å²) in [5.74, 6) is -0.927. The maximum absolute atomic E-state index is 12.8. The van der Waals surface area contributed by atoms with Gasteiger partial charge in [0.05, 0.1) is 33.1 Å². The van der Waals surface area contributed by atoms with Crippen molar-refractivity contribution in [3.63, 3.8) is 0 Å². The Labute approximate surface area is 138 Å². The molecule has 1 heterocycles. The Morgan fingerprint density at radius 2 is 1.78 bits per heavy atom. The van der Waals surface area contributed by atoms with Crippen LogP contribution in [0.25, 0.3) is 0 Å². The Balaban J connectivity index is 2.22. The Morgan fingerprint density at radius 1 is 1.17 bits per heavy atom. The van der Waals surface area contributed by atoms with Gasteiger partial charge in [0.2, 0.25) is 11.8 Å². The molecule has 3 atom stereocenters. The molecule has 0 aromatic heterocycles. The van der Waals surface area contributed by atoms with Crippen LogP contribution in [-0.2, 0) is 9.59 Å². The Morgan fingerprint density at radius 3 is 2.30 bits per heavy atom. The average molecular weight is 318 g/mol. The van der Waals surface area contributed by atoms with Crippen LogP contribution in [0.4, 0.5) is 0 Å². The summed E-state index contributed by atoms with van der Waals surface area (Å²) in [6.45, 7) is 4.29. The van der Waals surface area contributed by atoms with Gasteiger partial charge in [0.25, 0.3) is 0 Å². The van der Waals surface area contributed by atoms with Crippen LogP contribution >= 0.6 is 0 Å². The summed E-state index contributed by atoms with van der Waals surface area (Å²) < 4.78 is -0.508. The van der Waals surface area contributed by atoms with E-state index in [1.54, 1.807) is 0 Å². The fourth-order valence-corrected chi connectivity index (χ4v) is 3.38. The van der Waals surface area contributed by atoms with E-state index < -0.39 is 4.65 Å². The van der Waals surface area contributed by atoms with Crippen LogP contribution in [0, 0.1) is 17.0 Å². The zero-order chi connectivity index (χ0) is 17.2. The lowest BCUT2D eigenvalue weighted by atomic mass is 9.78. The largest absolute Gasteiger partial charge is 0.633 e. The van der Waals surface area contributed by atoms with E-state index in [0.29, 0.717) is 0 Å². The Kier molecular flexibility index (Phi) is 5.22. The van der Waals surface area contributed by atoms with E-state index in [1.807, 2.05) is 44.2 Å². The van der Waals surface area contributed by atoms with E-state index in [1.165, 1.54) is 19.0 Å². The molecule has 1 aromatic carbocycles. The lowest BCUT2D eigenvalue weighted by Gasteiger charge is -2.34. The number of hydrogen-bond donors (Lipinski definition) is 0. The quantitative estimate of drug-likeness (QED) is 0.459. The first-order valence-corrected chi connectivity index (χ1v) is 8.20. The molecule has 0 saturated carbocycles. The summed E-state index contributed by atoms with van der Waals surface area (Å²) in [4.78, 5) is 26.6. The van der Waals surface area contributed by atoms with Gasteiger partial charge in [-0.05, 0) is 17.9 Å². The Bertz CT molecular complexity index is 565. The van der Waals surface area contributed by atoms with Crippen LogP contribution in [0.15, 0.2) is 30.3 Å². The molecule has 0 N–H and O–H groups in total. The fourth-order valence-electron chi connectivity index (χ4n) is 3.38. The van der Waals surface area contributed by atoms with Crippen molar-refractivity contribution < 1.29 is 14.2 Å². The normalized spacial score (nSPS) is 23.4. The van der Waals surface area contributed by atoms with Crippen molar-refractivity contribution in [1.29, 1.82) is 0 Å². The molecule has 3 unspecified atom stereocenters. The maximum Gasteiger partial charge on any atom is 0.233 e. The summed E-state index contributed by atoms with van der Waals surface area (Å²) in [5, 5.41) is 11.7. The maximum atomic E-state index is 12.8. The third kappa shape index (κ3) is 3.79. The van der Waals surface area contributed by atoms with Gasteiger partial charge in [-0.15, -0.1) is 0 Å². The highest BCUT2D eigenvalue weighted by atomic mass is 16.5. The van der Waals surface area contributed by atoms with E-state index in [9.17, 15) is 14.8 Å².